The third kappa shape index (κ3) is 3.21. The Hall–Kier alpha value is -2.12. The monoisotopic (exact) mass is 258 g/mol. The number of hydrogen-bond donors (Lipinski definition) is 4. The van der Waals surface area contributed by atoms with Crippen LogP contribution in [0.3, 0.4) is 0 Å². The van der Waals surface area contributed by atoms with Crippen molar-refractivity contribution >= 4 is 11.4 Å². The molecule has 2 aromatic rings. The molecule has 7 N–H and O–H groups in total. The first kappa shape index (κ1) is 13.3. The molecule has 2 aromatic carbocycles. The fourth-order valence-electron chi connectivity index (χ4n) is 1.74. The molecule has 0 atom stereocenters. The quantitative estimate of drug-likeness (QED) is 0.359. The second-order valence-corrected chi connectivity index (χ2v) is 4.07. The predicted molar refractivity (Wildman–Crippen MR) is 76.8 cm³/mol. The third-order valence-electron chi connectivity index (χ3n) is 2.81. The van der Waals surface area contributed by atoms with Crippen LogP contribution in [0.4, 0.5) is 11.4 Å². The fourth-order valence-corrected chi connectivity index (χ4v) is 1.74. The van der Waals surface area contributed by atoms with Crippen molar-refractivity contribution in [2.24, 2.45) is 11.7 Å². The van der Waals surface area contributed by atoms with Gasteiger partial charge in [-0.2, -0.15) is 5.53 Å². The van der Waals surface area contributed by atoms with Gasteiger partial charge in [0, 0.05) is 5.69 Å². The van der Waals surface area contributed by atoms with Gasteiger partial charge < -0.3 is 5.73 Å². The topological polar surface area (TPSA) is 96.6 Å². The first-order valence-corrected chi connectivity index (χ1v) is 5.89. The molecule has 0 spiro atoms. The highest BCUT2D eigenvalue weighted by Crippen LogP contribution is 2.16. The minimum absolute atomic E-state index is 0.453. The summed E-state index contributed by atoms with van der Waals surface area (Å²) in [7, 11) is 0. The standard InChI is InChI=1S/C13H18N6/c14-13-9-5-4-6-11(13)10-18(17-15)19(16)12-7-2-1-3-8-12/h1-9,17H,10,14-16H2. The van der Waals surface area contributed by atoms with Gasteiger partial charge in [-0.1, -0.05) is 36.4 Å². The summed E-state index contributed by atoms with van der Waals surface area (Å²) >= 11 is 0. The molecular formula is C13H18N6. The van der Waals surface area contributed by atoms with Gasteiger partial charge in [0.25, 0.3) is 0 Å². The van der Waals surface area contributed by atoms with E-state index in [-0.39, 0.29) is 0 Å². The Bertz CT molecular complexity index is 516. The molecule has 0 aliphatic carbocycles. The molecule has 6 nitrogen and oxygen atoms in total. The van der Waals surface area contributed by atoms with E-state index in [1.165, 1.54) is 5.12 Å². The number of nitrogen functional groups attached to an aromatic ring is 1. The van der Waals surface area contributed by atoms with Crippen LogP contribution in [0.15, 0.2) is 54.6 Å². The molecule has 0 saturated heterocycles. The van der Waals surface area contributed by atoms with Crippen LogP contribution < -0.4 is 28.1 Å². The molecule has 100 valence electrons. The van der Waals surface area contributed by atoms with E-state index in [4.69, 9.17) is 17.4 Å². The van der Waals surface area contributed by atoms with Crippen LogP contribution in [0, 0.1) is 0 Å². The smallest absolute Gasteiger partial charge is 0.0717 e. The van der Waals surface area contributed by atoms with E-state index in [0.29, 0.717) is 12.2 Å². The van der Waals surface area contributed by atoms with Crippen molar-refractivity contribution in [3.05, 3.63) is 60.2 Å². The maximum absolute atomic E-state index is 6.02. The van der Waals surface area contributed by atoms with Crippen molar-refractivity contribution in [2.45, 2.75) is 6.54 Å². The fraction of sp³-hybridized carbons (Fsp3) is 0.0769. The van der Waals surface area contributed by atoms with Gasteiger partial charge in [-0.3, -0.25) is 5.84 Å². The van der Waals surface area contributed by atoms with Crippen molar-refractivity contribution in [1.82, 2.24) is 10.7 Å². The van der Waals surface area contributed by atoms with Crippen LogP contribution in [0.25, 0.3) is 0 Å². The number of benzene rings is 2. The van der Waals surface area contributed by atoms with E-state index in [1.807, 2.05) is 54.6 Å². The third-order valence-corrected chi connectivity index (χ3v) is 2.81. The van der Waals surface area contributed by atoms with Crippen molar-refractivity contribution < 1.29 is 0 Å². The lowest BCUT2D eigenvalue weighted by molar-refractivity contribution is 0.160. The lowest BCUT2D eigenvalue weighted by Crippen LogP contribution is -2.57. The van der Waals surface area contributed by atoms with Crippen molar-refractivity contribution in [2.75, 3.05) is 10.9 Å². The Morgan fingerprint density at radius 1 is 0.947 bits per heavy atom. The van der Waals surface area contributed by atoms with E-state index in [2.05, 4.69) is 5.53 Å². The molecule has 0 amide bonds. The molecule has 0 fully saturated rings. The number of nitrogens with two attached hydrogens (primary N) is 3. The van der Waals surface area contributed by atoms with Gasteiger partial charge in [0.1, 0.15) is 0 Å². The number of nitrogens with one attached hydrogen (secondary N) is 1. The highest BCUT2D eigenvalue weighted by Gasteiger charge is 2.13. The van der Waals surface area contributed by atoms with Gasteiger partial charge in [-0.25, -0.2) is 11.0 Å². The van der Waals surface area contributed by atoms with Gasteiger partial charge in [0.05, 0.1) is 12.2 Å². The SMILES string of the molecule is NNN(Cc1ccccc1N)N(N)c1ccccc1. The summed E-state index contributed by atoms with van der Waals surface area (Å²) in [6, 6.07) is 17.1. The van der Waals surface area contributed by atoms with E-state index < -0.39 is 0 Å². The molecule has 0 aliphatic heterocycles. The van der Waals surface area contributed by atoms with Crippen LogP contribution in [-0.2, 0) is 6.54 Å². The normalized spacial score (nSPS) is 10.7. The molecule has 19 heavy (non-hydrogen) atoms. The van der Waals surface area contributed by atoms with Crippen LogP contribution in [0.5, 0.6) is 0 Å². The zero-order chi connectivity index (χ0) is 13.7. The Morgan fingerprint density at radius 3 is 2.21 bits per heavy atom. The molecule has 0 heterocycles. The first-order valence-electron chi connectivity index (χ1n) is 5.89. The maximum Gasteiger partial charge on any atom is 0.0717 e. The van der Waals surface area contributed by atoms with Crippen molar-refractivity contribution in [3.63, 3.8) is 0 Å². The van der Waals surface area contributed by atoms with Crippen LogP contribution in [-0.4, -0.2) is 5.12 Å². The Kier molecular flexibility index (Phi) is 4.32. The molecule has 0 aliphatic rings. The number of hydrazine groups is 4. The van der Waals surface area contributed by atoms with E-state index in [1.54, 1.807) is 5.12 Å². The second-order valence-electron chi connectivity index (χ2n) is 4.07. The Labute approximate surface area is 112 Å². The first-order chi connectivity index (χ1) is 9.22. The average molecular weight is 258 g/mol. The summed E-state index contributed by atoms with van der Waals surface area (Å²) < 4.78 is 0. The molecule has 0 bridgehead atoms. The van der Waals surface area contributed by atoms with Gasteiger partial charge in [-0.15, -0.1) is 5.12 Å². The lowest BCUT2D eigenvalue weighted by Gasteiger charge is -2.31. The lowest BCUT2D eigenvalue weighted by atomic mass is 10.2. The molecule has 0 saturated carbocycles. The largest absolute Gasteiger partial charge is 0.398 e. The Balaban J connectivity index is 2.15. The van der Waals surface area contributed by atoms with Crippen LogP contribution in [0.1, 0.15) is 5.56 Å². The second kappa shape index (κ2) is 6.17. The molecule has 0 aromatic heterocycles. The highest BCUT2D eigenvalue weighted by atomic mass is 15.9. The number of nitrogens with zero attached hydrogens (tertiary/aromatic N) is 2. The van der Waals surface area contributed by atoms with E-state index in [9.17, 15) is 0 Å². The van der Waals surface area contributed by atoms with Crippen LogP contribution >= 0.6 is 0 Å². The summed E-state index contributed by atoms with van der Waals surface area (Å²) in [5.41, 5.74) is 10.9. The maximum atomic E-state index is 6.02. The van der Waals surface area contributed by atoms with Gasteiger partial charge >= 0.3 is 0 Å². The zero-order valence-electron chi connectivity index (χ0n) is 10.5. The minimum atomic E-state index is 0.453. The summed E-state index contributed by atoms with van der Waals surface area (Å²) in [6.45, 7) is 0.453. The summed E-state index contributed by atoms with van der Waals surface area (Å²) in [5.74, 6) is 11.5. The van der Waals surface area contributed by atoms with Gasteiger partial charge in [0.2, 0.25) is 0 Å². The van der Waals surface area contributed by atoms with E-state index >= 15 is 0 Å². The molecule has 0 unspecified atom stereocenters. The molecule has 2 rings (SSSR count). The van der Waals surface area contributed by atoms with Gasteiger partial charge in [0.15, 0.2) is 0 Å². The summed E-state index contributed by atoms with van der Waals surface area (Å²) in [6.07, 6.45) is 0. The predicted octanol–water partition coefficient (Wildman–Crippen LogP) is 0.744. The number of rotatable bonds is 5. The van der Waals surface area contributed by atoms with E-state index in [0.717, 1.165) is 11.3 Å². The molecular weight excluding hydrogens is 240 g/mol. The number of para-hydroxylation sites is 2. The zero-order valence-corrected chi connectivity index (χ0v) is 10.5. The minimum Gasteiger partial charge on any atom is -0.398 e. The van der Waals surface area contributed by atoms with Crippen molar-refractivity contribution in [3.8, 4) is 0 Å². The molecule has 6 heteroatoms. The average Bonchev–Trinajstić information content (AvgIpc) is 2.47. The summed E-state index contributed by atoms with van der Waals surface area (Å²) in [4.78, 5) is 0. The Morgan fingerprint density at radius 2 is 1.58 bits per heavy atom. The molecule has 0 radical (unpaired) electrons. The van der Waals surface area contributed by atoms with Crippen LogP contribution in [0.2, 0.25) is 0 Å². The summed E-state index contributed by atoms with van der Waals surface area (Å²) in [5, 5.41) is 3.01. The van der Waals surface area contributed by atoms with Gasteiger partial charge in [-0.05, 0) is 23.8 Å². The van der Waals surface area contributed by atoms with Crippen molar-refractivity contribution in [1.29, 1.82) is 0 Å². The number of anilines is 2. The highest BCUT2D eigenvalue weighted by molar-refractivity contribution is 5.47. The number of hydrogen-bond acceptors (Lipinski definition) is 6.